The van der Waals surface area contributed by atoms with E-state index in [1.807, 2.05) is 0 Å². The van der Waals surface area contributed by atoms with E-state index in [0.717, 1.165) is 6.07 Å². The molecule has 3 rings (SSSR count). The van der Waals surface area contributed by atoms with Crippen molar-refractivity contribution in [1.29, 1.82) is 0 Å². The summed E-state index contributed by atoms with van der Waals surface area (Å²) in [6.45, 7) is -0.0181. The molecule has 0 aliphatic carbocycles. The van der Waals surface area contributed by atoms with Crippen LogP contribution in [0.2, 0.25) is 0 Å². The van der Waals surface area contributed by atoms with Gasteiger partial charge in [0.2, 0.25) is 0 Å². The summed E-state index contributed by atoms with van der Waals surface area (Å²) in [5.41, 5.74) is -0.107. The molecular formula is C18H13N2NaO6. The predicted molar refractivity (Wildman–Crippen MR) is 88.7 cm³/mol. The second-order valence-electron chi connectivity index (χ2n) is 5.51. The van der Waals surface area contributed by atoms with E-state index >= 15 is 0 Å². The summed E-state index contributed by atoms with van der Waals surface area (Å²) in [6, 6.07) is 9.56. The molecule has 0 aliphatic rings. The van der Waals surface area contributed by atoms with E-state index in [2.05, 4.69) is 10.3 Å². The van der Waals surface area contributed by atoms with E-state index in [-0.39, 0.29) is 58.8 Å². The Morgan fingerprint density at radius 1 is 1.04 bits per heavy atom. The predicted octanol–water partition coefficient (Wildman–Crippen LogP) is -2.35. The number of carboxylic acid groups (broad SMARTS) is 1. The molecule has 8 nitrogen and oxygen atoms in total. The fourth-order valence-corrected chi connectivity index (χ4v) is 2.43. The molecule has 0 atom stereocenters. The molecule has 132 valence electrons. The number of hydrogen-bond donors (Lipinski definition) is 4. The summed E-state index contributed by atoms with van der Waals surface area (Å²) in [4.78, 5) is 27.2. The van der Waals surface area contributed by atoms with Crippen molar-refractivity contribution in [3.05, 3.63) is 59.3 Å². The van der Waals surface area contributed by atoms with Gasteiger partial charge >= 0.3 is 29.6 Å². The van der Waals surface area contributed by atoms with E-state index in [1.54, 1.807) is 0 Å². The maximum Gasteiger partial charge on any atom is 1.00 e. The zero-order valence-electron chi connectivity index (χ0n) is 14.3. The average molecular weight is 376 g/mol. The van der Waals surface area contributed by atoms with Crippen molar-refractivity contribution in [3.63, 3.8) is 0 Å². The molecule has 27 heavy (non-hydrogen) atoms. The van der Waals surface area contributed by atoms with Crippen LogP contribution in [0.25, 0.3) is 10.9 Å². The van der Waals surface area contributed by atoms with Crippen molar-refractivity contribution in [1.82, 2.24) is 10.3 Å². The monoisotopic (exact) mass is 376 g/mol. The zero-order chi connectivity index (χ0) is 18.8. The molecule has 0 saturated heterocycles. The Hall–Kier alpha value is -2.81. The van der Waals surface area contributed by atoms with Gasteiger partial charge in [-0.2, -0.15) is 0 Å². The first-order chi connectivity index (χ1) is 12.4. The van der Waals surface area contributed by atoms with E-state index in [9.17, 15) is 30.0 Å². The van der Waals surface area contributed by atoms with Gasteiger partial charge in [0.1, 0.15) is 22.7 Å². The number of phenolic OH excluding ortho intramolecular Hbond substituents is 2. The number of nitrogens with zero attached hydrogens (tertiary/aromatic N) is 1. The van der Waals surface area contributed by atoms with E-state index < -0.39 is 23.2 Å². The minimum atomic E-state index is -1.55. The Morgan fingerprint density at radius 3 is 2.41 bits per heavy atom. The number of amides is 1. The first kappa shape index (κ1) is 20.5. The fourth-order valence-electron chi connectivity index (χ4n) is 2.43. The number of hydrogen-bond acceptors (Lipinski definition) is 7. The Kier molecular flexibility index (Phi) is 6.27. The van der Waals surface area contributed by atoms with Crippen molar-refractivity contribution >= 4 is 22.8 Å². The first-order valence-electron chi connectivity index (χ1n) is 7.50. The number of nitrogens with one attached hydrogen (secondary N) is 1. The van der Waals surface area contributed by atoms with Crippen LogP contribution in [0.3, 0.4) is 0 Å². The normalized spacial score (nSPS) is 10.2. The molecule has 2 aromatic carbocycles. The molecule has 1 amide bonds. The second-order valence-corrected chi connectivity index (χ2v) is 5.51. The molecular weight excluding hydrogens is 363 g/mol. The Balaban J connectivity index is 0.00000261. The van der Waals surface area contributed by atoms with Gasteiger partial charge in [0.25, 0.3) is 5.91 Å². The maximum atomic E-state index is 12.3. The molecule has 0 unspecified atom stereocenters. The van der Waals surface area contributed by atoms with E-state index in [4.69, 9.17) is 0 Å². The van der Waals surface area contributed by atoms with E-state index in [1.165, 1.54) is 36.4 Å². The van der Waals surface area contributed by atoms with Crippen LogP contribution >= 0.6 is 0 Å². The van der Waals surface area contributed by atoms with Crippen LogP contribution < -0.4 is 40.0 Å². The van der Waals surface area contributed by atoms with Gasteiger partial charge in [-0.05, 0) is 24.3 Å². The maximum absolute atomic E-state index is 12.3. The molecule has 0 spiro atoms. The standard InChI is InChI=1S/C18H14N2O6.Na/c21-11-4-1-10(14(22)7-11)8-19-17(24)13-6-3-9-2-5-12(18(25)26)16(23)15(9)20-13;/h1-7,21-23H,8H2,(H,19,24)(H,25,26);/q;+1/p-1. The summed E-state index contributed by atoms with van der Waals surface area (Å²) >= 11 is 0. The third-order valence-electron chi connectivity index (χ3n) is 3.80. The fraction of sp³-hybridized carbons (Fsp3) is 0.0556. The summed E-state index contributed by atoms with van der Waals surface area (Å²) in [6.07, 6.45) is 0. The number of aromatic nitrogens is 1. The molecule has 0 aliphatic heterocycles. The van der Waals surface area contributed by atoms with Crippen molar-refractivity contribution in [2.45, 2.75) is 6.54 Å². The average Bonchev–Trinajstić information content (AvgIpc) is 2.60. The van der Waals surface area contributed by atoms with Crippen LogP contribution in [0.15, 0.2) is 42.5 Å². The van der Waals surface area contributed by atoms with Crippen molar-refractivity contribution in [2.24, 2.45) is 0 Å². The van der Waals surface area contributed by atoms with Crippen LogP contribution in [-0.2, 0) is 6.54 Å². The van der Waals surface area contributed by atoms with Crippen LogP contribution in [0.1, 0.15) is 26.4 Å². The Bertz CT molecular complexity index is 1040. The van der Waals surface area contributed by atoms with Crippen LogP contribution in [-0.4, -0.2) is 32.2 Å². The third kappa shape index (κ3) is 4.30. The van der Waals surface area contributed by atoms with Gasteiger partial charge in [-0.1, -0.05) is 12.1 Å². The van der Waals surface area contributed by atoms with Gasteiger partial charge in [0.15, 0.2) is 5.75 Å². The van der Waals surface area contributed by atoms with Crippen molar-refractivity contribution in [3.8, 4) is 17.2 Å². The number of phenols is 3. The molecule has 3 aromatic rings. The summed E-state index contributed by atoms with van der Waals surface area (Å²) in [5, 5.41) is 43.0. The minimum absolute atomic E-state index is 0. The van der Waals surface area contributed by atoms with Crippen LogP contribution in [0.4, 0.5) is 0 Å². The topological polar surface area (TPSA) is 143 Å². The van der Waals surface area contributed by atoms with Crippen LogP contribution in [0, 0.1) is 0 Å². The number of carboxylic acids is 1. The van der Waals surface area contributed by atoms with Crippen molar-refractivity contribution in [2.75, 3.05) is 0 Å². The molecule has 0 radical (unpaired) electrons. The SMILES string of the molecule is O=C(NCc1ccc(O)cc1O)c1ccc2ccc(C(=O)[O-])c(O)c2n1.[Na+]. The molecule has 0 fully saturated rings. The second kappa shape index (κ2) is 8.26. The number of rotatable bonds is 4. The smallest absolute Gasteiger partial charge is 0.545 e. The number of pyridine rings is 1. The minimum Gasteiger partial charge on any atom is -0.545 e. The number of benzene rings is 2. The first-order valence-corrected chi connectivity index (χ1v) is 7.50. The van der Waals surface area contributed by atoms with E-state index in [0.29, 0.717) is 10.9 Å². The van der Waals surface area contributed by atoms with Gasteiger partial charge in [0, 0.05) is 29.1 Å². The number of aromatic carboxylic acids is 1. The number of carbonyl (C=O) groups excluding carboxylic acids is 2. The van der Waals surface area contributed by atoms with Gasteiger partial charge in [-0.3, -0.25) is 4.79 Å². The Morgan fingerprint density at radius 2 is 1.74 bits per heavy atom. The summed E-state index contributed by atoms with van der Waals surface area (Å²) in [5.74, 6) is -2.99. The molecule has 4 N–H and O–H groups in total. The third-order valence-corrected chi connectivity index (χ3v) is 3.80. The van der Waals surface area contributed by atoms with Gasteiger partial charge in [0.05, 0.1) is 5.97 Å². The van der Waals surface area contributed by atoms with Gasteiger partial charge in [-0.25, -0.2) is 4.98 Å². The largest absolute Gasteiger partial charge is 1.00 e. The number of carbonyl (C=O) groups is 2. The molecule has 1 heterocycles. The van der Waals surface area contributed by atoms with Crippen molar-refractivity contribution < 1.29 is 59.6 Å². The quantitative estimate of drug-likeness (QED) is 0.373. The van der Waals surface area contributed by atoms with Crippen LogP contribution in [0.5, 0.6) is 17.2 Å². The van der Waals surface area contributed by atoms with Gasteiger partial charge < -0.3 is 30.5 Å². The molecule has 0 saturated carbocycles. The number of fused-ring (bicyclic) bond motifs is 1. The molecule has 9 heteroatoms. The van der Waals surface area contributed by atoms with Gasteiger partial charge in [-0.15, -0.1) is 0 Å². The summed E-state index contributed by atoms with van der Waals surface area (Å²) < 4.78 is 0. The molecule has 0 bridgehead atoms. The zero-order valence-corrected chi connectivity index (χ0v) is 16.3. The number of aromatic hydroxyl groups is 3. The Labute approximate surface area is 175 Å². The summed E-state index contributed by atoms with van der Waals surface area (Å²) in [7, 11) is 0. The molecule has 1 aromatic heterocycles.